The molecule has 3 heterocycles. The fraction of sp³-hybridized carbons (Fsp3) is 0.632. The van der Waals surface area contributed by atoms with E-state index in [2.05, 4.69) is 10.1 Å². The van der Waals surface area contributed by atoms with Crippen LogP contribution in [0.1, 0.15) is 52.1 Å². The van der Waals surface area contributed by atoms with Gasteiger partial charge in [0.05, 0.1) is 12.2 Å². The SMILES string of the molecule is CC(C)c1nc(S(=O)(=O)N2CC(Cn3nc(C(C)(C)C)ccc3=O)C2)cn1C. The van der Waals surface area contributed by atoms with Crippen molar-refractivity contribution in [3.8, 4) is 0 Å². The monoisotopic (exact) mass is 407 g/mol. The lowest BCUT2D eigenvalue weighted by Gasteiger charge is -2.37. The van der Waals surface area contributed by atoms with Crippen molar-refractivity contribution < 1.29 is 8.42 Å². The van der Waals surface area contributed by atoms with Crippen LogP contribution in [0.15, 0.2) is 28.2 Å². The highest BCUT2D eigenvalue weighted by atomic mass is 32.2. The maximum atomic E-state index is 12.8. The Hall–Kier alpha value is -2.00. The van der Waals surface area contributed by atoms with Gasteiger partial charge < -0.3 is 4.57 Å². The quantitative estimate of drug-likeness (QED) is 0.753. The molecule has 0 bridgehead atoms. The second-order valence-electron chi connectivity index (χ2n) is 8.88. The zero-order valence-electron chi connectivity index (χ0n) is 17.4. The molecule has 1 saturated heterocycles. The molecule has 1 fully saturated rings. The van der Waals surface area contributed by atoms with E-state index >= 15 is 0 Å². The molecule has 9 heteroatoms. The molecule has 0 aliphatic carbocycles. The van der Waals surface area contributed by atoms with Crippen molar-refractivity contribution in [2.45, 2.75) is 57.5 Å². The third kappa shape index (κ3) is 3.91. The predicted octanol–water partition coefficient (Wildman–Crippen LogP) is 1.72. The van der Waals surface area contributed by atoms with Gasteiger partial charge in [-0.25, -0.2) is 18.1 Å². The van der Waals surface area contributed by atoms with Gasteiger partial charge in [-0.2, -0.15) is 9.40 Å². The minimum Gasteiger partial charge on any atom is -0.336 e. The summed E-state index contributed by atoms with van der Waals surface area (Å²) < 4.78 is 30.3. The fourth-order valence-corrected chi connectivity index (χ4v) is 4.88. The van der Waals surface area contributed by atoms with E-state index in [4.69, 9.17) is 0 Å². The minimum absolute atomic E-state index is 0.0588. The summed E-state index contributed by atoms with van der Waals surface area (Å²) >= 11 is 0. The largest absolute Gasteiger partial charge is 0.336 e. The van der Waals surface area contributed by atoms with Crippen molar-refractivity contribution in [3.05, 3.63) is 40.2 Å². The van der Waals surface area contributed by atoms with Gasteiger partial charge in [0.15, 0.2) is 5.03 Å². The number of imidazole rings is 1. The first kappa shape index (κ1) is 20.7. The first-order valence-corrected chi connectivity index (χ1v) is 11.0. The Morgan fingerprint density at radius 1 is 1.21 bits per heavy atom. The molecule has 8 nitrogen and oxygen atoms in total. The molecule has 3 rings (SSSR count). The number of nitrogens with zero attached hydrogens (tertiary/aromatic N) is 5. The minimum atomic E-state index is -3.61. The maximum absolute atomic E-state index is 12.8. The van der Waals surface area contributed by atoms with Gasteiger partial charge in [-0.1, -0.05) is 34.6 Å². The molecule has 1 aliphatic rings. The highest BCUT2D eigenvalue weighted by Crippen LogP contribution is 2.27. The van der Waals surface area contributed by atoms with E-state index in [0.717, 1.165) is 11.5 Å². The molecular formula is C19H29N5O3S. The van der Waals surface area contributed by atoms with Crippen LogP contribution in [0.4, 0.5) is 0 Å². The maximum Gasteiger partial charge on any atom is 0.266 e. The summed E-state index contributed by atoms with van der Waals surface area (Å²) in [6, 6.07) is 3.28. The second kappa shape index (κ2) is 7.11. The summed E-state index contributed by atoms with van der Waals surface area (Å²) in [5, 5.41) is 4.55. The van der Waals surface area contributed by atoms with E-state index in [1.54, 1.807) is 23.9 Å². The van der Waals surface area contributed by atoms with Crippen LogP contribution in [0, 0.1) is 5.92 Å². The lowest BCUT2D eigenvalue weighted by Crippen LogP contribution is -2.52. The molecule has 0 saturated carbocycles. The summed E-state index contributed by atoms with van der Waals surface area (Å²) in [7, 11) is -1.80. The lowest BCUT2D eigenvalue weighted by molar-refractivity contribution is 0.171. The van der Waals surface area contributed by atoms with Crippen LogP contribution in [-0.2, 0) is 29.0 Å². The van der Waals surface area contributed by atoms with E-state index in [9.17, 15) is 13.2 Å². The number of rotatable bonds is 5. The van der Waals surface area contributed by atoms with Crippen LogP contribution in [0.25, 0.3) is 0 Å². The van der Waals surface area contributed by atoms with Crippen molar-refractivity contribution in [2.24, 2.45) is 13.0 Å². The van der Waals surface area contributed by atoms with Gasteiger partial charge in [0.1, 0.15) is 5.82 Å². The van der Waals surface area contributed by atoms with Gasteiger partial charge >= 0.3 is 0 Å². The molecule has 0 N–H and O–H groups in total. The number of hydrogen-bond donors (Lipinski definition) is 0. The van der Waals surface area contributed by atoms with Gasteiger partial charge in [0, 0.05) is 49.7 Å². The molecule has 0 amide bonds. The van der Waals surface area contributed by atoms with Gasteiger partial charge in [0.25, 0.3) is 15.6 Å². The van der Waals surface area contributed by atoms with Crippen LogP contribution in [0.5, 0.6) is 0 Å². The van der Waals surface area contributed by atoms with Gasteiger partial charge in [0.2, 0.25) is 0 Å². The van der Waals surface area contributed by atoms with Crippen LogP contribution in [-0.4, -0.2) is 45.1 Å². The van der Waals surface area contributed by atoms with Crippen molar-refractivity contribution in [3.63, 3.8) is 0 Å². The first-order chi connectivity index (χ1) is 12.9. The van der Waals surface area contributed by atoms with Gasteiger partial charge in [-0.15, -0.1) is 0 Å². The molecule has 0 aromatic carbocycles. The standard InChI is InChI=1S/C19H29N5O3S/c1-13(2)18-20-16(12-22(18)6)28(26,27)23-9-14(10-23)11-24-17(25)8-7-15(21-24)19(3,4)5/h7-8,12-14H,9-11H2,1-6H3. The van der Waals surface area contributed by atoms with E-state index in [1.807, 2.05) is 34.6 Å². The molecule has 1 aliphatic heterocycles. The predicted molar refractivity (Wildman–Crippen MR) is 107 cm³/mol. The first-order valence-electron chi connectivity index (χ1n) is 9.51. The van der Waals surface area contributed by atoms with Gasteiger partial charge in [-0.05, 0) is 6.07 Å². The Balaban J connectivity index is 1.71. The molecule has 0 spiro atoms. The highest BCUT2D eigenvalue weighted by molar-refractivity contribution is 7.89. The van der Waals surface area contributed by atoms with Crippen molar-refractivity contribution in [1.29, 1.82) is 0 Å². The third-order valence-electron chi connectivity index (χ3n) is 5.00. The van der Waals surface area contributed by atoms with E-state index in [0.29, 0.717) is 19.6 Å². The Labute approximate surface area is 166 Å². The van der Waals surface area contributed by atoms with Crippen molar-refractivity contribution >= 4 is 10.0 Å². The summed E-state index contributed by atoms with van der Waals surface area (Å²) in [6.07, 6.45) is 1.57. The Bertz CT molecular complexity index is 1020. The topological polar surface area (TPSA) is 90.1 Å². The fourth-order valence-electron chi connectivity index (χ4n) is 3.30. The van der Waals surface area contributed by atoms with Crippen LogP contribution in [0.2, 0.25) is 0 Å². The number of aryl methyl sites for hydroxylation is 1. The van der Waals surface area contributed by atoms with E-state index in [1.165, 1.54) is 15.1 Å². The second-order valence-corrected chi connectivity index (χ2v) is 10.8. The van der Waals surface area contributed by atoms with Crippen LogP contribution < -0.4 is 5.56 Å². The zero-order valence-corrected chi connectivity index (χ0v) is 18.2. The molecule has 154 valence electrons. The smallest absolute Gasteiger partial charge is 0.266 e. The third-order valence-corrected chi connectivity index (χ3v) is 6.70. The molecule has 0 atom stereocenters. The number of aromatic nitrogens is 4. The van der Waals surface area contributed by atoms with Crippen LogP contribution >= 0.6 is 0 Å². The molecule has 0 unspecified atom stereocenters. The summed E-state index contributed by atoms with van der Waals surface area (Å²) in [4.78, 5) is 16.4. The Kier molecular flexibility index (Phi) is 5.26. The average Bonchev–Trinajstić information content (AvgIpc) is 2.93. The van der Waals surface area contributed by atoms with Gasteiger partial charge in [-0.3, -0.25) is 4.79 Å². The molecule has 2 aromatic rings. The summed E-state index contributed by atoms with van der Waals surface area (Å²) in [5.74, 6) is 0.944. The molecule has 2 aromatic heterocycles. The normalized spacial score (nSPS) is 16.5. The molecule has 28 heavy (non-hydrogen) atoms. The number of hydrogen-bond acceptors (Lipinski definition) is 5. The summed E-state index contributed by atoms with van der Waals surface area (Å²) in [5.41, 5.74) is 0.517. The highest BCUT2D eigenvalue weighted by Gasteiger charge is 2.38. The van der Waals surface area contributed by atoms with E-state index < -0.39 is 10.0 Å². The van der Waals surface area contributed by atoms with Crippen LogP contribution in [0.3, 0.4) is 0 Å². The Morgan fingerprint density at radius 2 is 1.86 bits per heavy atom. The zero-order chi connectivity index (χ0) is 20.9. The van der Waals surface area contributed by atoms with Crippen molar-refractivity contribution in [2.75, 3.05) is 13.1 Å². The van der Waals surface area contributed by atoms with Crippen molar-refractivity contribution in [1.82, 2.24) is 23.6 Å². The molecule has 0 radical (unpaired) electrons. The number of sulfonamides is 1. The lowest BCUT2D eigenvalue weighted by atomic mass is 9.92. The Morgan fingerprint density at radius 3 is 2.39 bits per heavy atom. The average molecular weight is 408 g/mol. The molecular weight excluding hydrogens is 378 g/mol. The summed E-state index contributed by atoms with van der Waals surface area (Å²) in [6.45, 7) is 11.2. The van der Waals surface area contributed by atoms with E-state index in [-0.39, 0.29) is 27.8 Å².